The predicted octanol–water partition coefficient (Wildman–Crippen LogP) is 1.03. The Bertz CT molecular complexity index is 703. The molecule has 1 saturated heterocycles. The predicted molar refractivity (Wildman–Crippen MR) is 92.6 cm³/mol. The average molecular weight is 373 g/mol. The van der Waals surface area contributed by atoms with Crippen LogP contribution in [0.25, 0.3) is 0 Å². The molecule has 0 bridgehead atoms. The van der Waals surface area contributed by atoms with Crippen LogP contribution < -0.4 is 5.32 Å². The van der Waals surface area contributed by atoms with Gasteiger partial charge in [-0.25, -0.2) is 8.42 Å². The molecule has 6 nitrogen and oxygen atoms in total. The zero-order chi connectivity index (χ0) is 17.7. The Hall–Kier alpha value is -1.60. The summed E-state index contributed by atoms with van der Waals surface area (Å²) in [4.78, 5) is 25.6. The van der Waals surface area contributed by atoms with E-state index in [4.69, 9.17) is 11.6 Å². The normalized spacial score (nSPS) is 19.0. The fourth-order valence-electron chi connectivity index (χ4n) is 2.77. The Morgan fingerprint density at radius 1 is 1.29 bits per heavy atom. The van der Waals surface area contributed by atoms with Crippen LogP contribution in [-0.2, 0) is 25.8 Å². The van der Waals surface area contributed by atoms with Crippen LogP contribution in [0.2, 0.25) is 5.02 Å². The van der Waals surface area contributed by atoms with Gasteiger partial charge in [-0.1, -0.05) is 23.7 Å². The summed E-state index contributed by atoms with van der Waals surface area (Å²) < 4.78 is 23.1. The largest absolute Gasteiger partial charge is 0.347 e. The lowest BCUT2D eigenvalue weighted by atomic mass is 10.1. The van der Waals surface area contributed by atoms with Crippen molar-refractivity contribution in [1.82, 2.24) is 10.2 Å². The van der Waals surface area contributed by atoms with Gasteiger partial charge in [0.1, 0.15) is 0 Å². The van der Waals surface area contributed by atoms with Crippen molar-refractivity contribution in [2.75, 3.05) is 24.6 Å². The molecule has 24 heavy (non-hydrogen) atoms. The average Bonchev–Trinajstić information content (AvgIpc) is 2.89. The van der Waals surface area contributed by atoms with Crippen molar-refractivity contribution in [2.45, 2.75) is 25.8 Å². The maximum Gasteiger partial charge on any atom is 0.312 e. The molecule has 132 valence electrons. The third-order valence-electron chi connectivity index (χ3n) is 4.06. The number of carbonyl (C=O) groups excluding carboxylic acids is 2. The standard InChI is InChI=1S/C16H21ClN2O4S/c1-2-19(14-8-10-24(22,23)11-14)16(21)15(20)18-9-7-12-3-5-13(17)6-4-12/h3-6,14H,2,7-11H2,1H3,(H,18,20). The second kappa shape index (κ2) is 7.98. The molecule has 1 N–H and O–H groups in total. The summed E-state index contributed by atoms with van der Waals surface area (Å²) in [7, 11) is -3.10. The Labute approximate surface area is 147 Å². The SMILES string of the molecule is CCN(C(=O)C(=O)NCCc1ccc(Cl)cc1)C1CCS(=O)(=O)C1. The first kappa shape index (κ1) is 18.7. The number of nitrogens with zero attached hydrogens (tertiary/aromatic N) is 1. The van der Waals surface area contributed by atoms with Crippen LogP contribution in [-0.4, -0.2) is 55.8 Å². The van der Waals surface area contributed by atoms with Gasteiger partial charge >= 0.3 is 11.8 Å². The van der Waals surface area contributed by atoms with Gasteiger partial charge in [-0.15, -0.1) is 0 Å². The number of hydrogen-bond acceptors (Lipinski definition) is 4. The number of likely N-dealkylation sites (N-methyl/N-ethyl adjacent to an activating group) is 1. The number of benzene rings is 1. The third-order valence-corrected chi connectivity index (χ3v) is 6.06. The molecule has 1 aliphatic rings. The van der Waals surface area contributed by atoms with Crippen LogP contribution >= 0.6 is 11.6 Å². The smallest absolute Gasteiger partial charge is 0.312 e. The van der Waals surface area contributed by atoms with Gasteiger partial charge in [-0.2, -0.15) is 0 Å². The number of nitrogens with one attached hydrogen (secondary N) is 1. The molecule has 1 unspecified atom stereocenters. The van der Waals surface area contributed by atoms with Crippen molar-refractivity contribution in [2.24, 2.45) is 0 Å². The molecule has 2 rings (SSSR count). The minimum Gasteiger partial charge on any atom is -0.347 e. The molecule has 2 amide bonds. The molecule has 1 fully saturated rings. The van der Waals surface area contributed by atoms with Gasteiger partial charge in [0, 0.05) is 24.2 Å². The highest BCUT2D eigenvalue weighted by atomic mass is 35.5. The third kappa shape index (κ3) is 4.95. The molecule has 1 aromatic rings. The highest BCUT2D eigenvalue weighted by molar-refractivity contribution is 7.91. The molecule has 0 aliphatic carbocycles. The summed E-state index contributed by atoms with van der Waals surface area (Å²) in [6.07, 6.45) is 0.972. The van der Waals surface area contributed by atoms with Crippen LogP contribution in [0.5, 0.6) is 0 Å². The van der Waals surface area contributed by atoms with E-state index in [0.29, 0.717) is 31.0 Å². The van der Waals surface area contributed by atoms with Crippen LogP contribution in [0, 0.1) is 0 Å². The van der Waals surface area contributed by atoms with Gasteiger partial charge in [-0.3, -0.25) is 9.59 Å². The van der Waals surface area contributed by atoms with Gasteiger partial charge in [0.05, 0.1) is 11.5 Å². The number of amides is 2. The first-order valence-electron chi connectivity index (χ1n) is 7.86. The lowest BCUT2D eigenvalue weighted by molar-refractivity contribution is -0.146. The molecule has 0 spiro atoms. The van der Waals surface area contributed by atoms with Crippen molar-refractivity contribution in [3.8, 4) is 0 Å². The van der Waals surface area contributed by atoms with Crippen molar-refractivity contribution in [3.05, 3.63) is 34.9 Å². The summed E-state index contributed by atoms with van der Waals surface area (Å²) >= 11 is 5.81. The lowest BCUT2D eigenvalue weighted by Crippen LogP contribution is -2.48. The van der Waals surface area contributed by atoms with Crippen molar-refractivity contribution in [3.63, 3.8) is 0 Å². The Morgan fingerprint density at radius 2 is 1.96 bits per heavy atom. The zero-order valence-electron chi connectivity index (χ0n) is 13.5. The van der Waals surface area contributed by atoms with Gasteiger partial charge in [0.15, 0.2) is 9.84 Å². The number of carbonyl (C=O) groups is 2. The number of hydrogen-bond donors (Lipinski definition) is 1. The van der Waals surface area contributed by atoms with Gasteiger partial charge in [-0.05, 0) is 37.5 Å². The molecule has 1 atom stereocenters. The second-order valence-corrected chi connectivity index (χ2v) is 8.45. The molecular formula is C16H21ClN2O4S. The number of halogens is 1. The molecule has 1 heterocycles. The van der Waals surface area contributed by atoms with Crippen LogP contribution in [0.4, 0.5) is 0 Å². The van der Waals surface area contributed by atoms with Crippen LogP contribution in [0.3, 0.4) is 0 Å². The van der Waals surface area contributed by atoms with E-state index in [0.717, 1.165) is 5.56 Å². The first-order chi connectivity index (χ1) is 11.3. The number of rotatable bonds is 5. The van der Waals surface area contributed by atoms with Crippen molar-refractivity contribution >= 4 is 33.3 Å². The van der Waals surface area contributed by atoms with Gasteiger partial charge in [0.25, 0.3) is 0 Å². The minimum atomic E-state index is -3.10. The Balaban J connectivity index is 1.86. The highest BCUT2D eigenvalue weighted by Gasteiger charge is 2.35. The maximum absolute atomic E-state index is 12.3. The van der Waals surface area contributed by atoms with E-state index in [1.165, 1.54) is 4.90 Å². The Kier molecular flexibility index (Phi) is 6.23. The summed E-state index contributed by atoms with van der Waals surface area (Å²) in [5.41, 5.74) is 1.00. The van der Waals surface area contributed by atoms with Crippen molar-refractivity contribution < 1.29 is 18.0 Å². The quantitative estimate of drug-likeness (QED) is 0.782. The second-order valence-electron chi connectivity index (χ2n) is 5.78. The van der Waals surface area contributed by atoms with E-state index in [9.17, 15) is 18.0 Å². The molecule has 0 aromatic heterocycles. The van der Waals surface area contributed by atoms with Gasteiger partial charge < -0.3 is 10.2 Å². The molecular weight excluding hydrogens is 352 g/mol. The minimum absolute atomic E-state index is 0.0648. The van der Waals surface area contributed by atoms with E-state index >= 15 is 0 Å². The molecule has 0 saturated carbocycles. The summed E-state index contributed by atoms with van der Waals surface area (Å²) in [6, 6.07) is 6.84. The summed E-state index contributed by atoms with van der Waals surface area (Å²) in [6.45, 7) is 2.38. The molecule has 1 aromatic carbocycles. The Morgan fingerprint density at radius 3 is 2.50 bits per heavy atom. The lowest BCUT2D eigenvalue weighted by Gasteiger charge is -2.26. The molecule has 0 radical (unpaired) electrons. The monoisotopic (exact) mass is 372 g/mol. The fourth-order valence-corrected chi connectivity index (χ4v) is 4.62. The van der Waals surface area contributed by atoms with Crippen LogP contribution in [0.1, 0.15) is 18.9 Å². The van der Waals surface area contributed by atoms with E-state index in [-0.39, 0.29) is 11.5 Å². The van der Waals surface area contributed by atoms with E-state index in [2.05, 4.69) is 5.32 Å². The highest BCUT2D eigenvalue weighted by Crippen LogP contribution is 2.17. The first-order valence-corrected chi connectivity index (χ1v) is 10.1. The maximum atomic E-state index is 12.3. The van der Waals surface area contributed by atoms with Crippen LogP contribution in [0.15, 0.2) is 24.3 Å². The van der Waals surface area contributed by atoms with E-state index in [1.807, 2.05) is 12.1 Å². The summed E-state index contributed by atoms with van der Waals surface area (Å²) in [5, 5.41) is 3.23. The molecule has 1 aliphatic heterocycles. The van der Waals surface area contributed by atoms with Crippen molar-refractivity contribution in [1.29, 1.82) is 0 Å². The van der Waals surface area contributed by atoms with E-state index in [1.54, 1.807) is 19.1 Å². The van der Waals surface area contributed by atoms with E-state index < -0.39 is 27.7 Å². The van der Waals surface area contributed by atoms with Gasteiger partial charge in [0.2, 0.25) is 0 Å². The topological polar surface area (TPSA) is 83.6 Å². The summed E-state index contributed by atoms with van der Waals surface area (Å²) in [5.74, 6) is -1.37. The zero-order valence-corrected chi connectivity index (χ0v) is 15.1. The fraction of sp³-hybridized carbons (Fsp3) is 0.500. The molecule has 8 heteroatoms. The number of sulfone groups is 1.